The van der Waals surface area contributed by atoms with Crippen LogP contribution in [0.3, 0.4) is 0 Å². The first kappa shape index (κ1) is 12.6. The molecule has 4 nitrogen and oxygen atoms in total. The van der Waals surface area contributed by atoms with Gasteiger partial charge in [-0.3, -0.25) is 9.59 Å². The Labute approximate surface area is 107 Å². The molecular formula is C14H17NO3. The molecular weight excluding hydrogens is 230 g/mol. The van der Waals surface area contributed by atoms with Crippen molar-refractivity contribution in [3.05, 3.63) is 35.9 Å². The van der Waals surface area contributed by atoms with Crippen LogP contribution in [0, 0.1) is 0 Å². The number of β-lactam (4-membered cyclic amide) rings is 1. The molecule has 0 aromatic heterocycles. The van der Waals surface area contributed by atoms with Gasteiger partial charge in [-0.1, -0.05) is 30.3 Å². The molecule has 1 aliphatic heterocycles. The van der Waals surface area contributed by atoms with E-state index in [1.54, 1.807) is 11.8 Å². The van der Waals surface area contributed by atoms with Crippen molar-refractivity contribution in [1.82, 2.24) is 4.90 Å². The number of hydrogen-bond acceptors (Lipinski definition) is 3. The third-order valence-corrected chi connectivity index (χ3v) is 3.11. The molecule has 2 rings (SSSR count). The van der Waals surface area contributed by atoms with Crippen LogP contribution in [0.1, 0.15) is 31.4 Å². The van der Waals surface area contributed by atoms with Crippen LogP contribution in [0.25, 0.3) is 0 Å². The van der Waals surface area contributed by atoms with E-state index in [4.69, 9.17) is 4.74 Å². The first-order chi connectivity index (χ1) is 8.72. The van der Waals surface area contributed by atoms with Gasteiger partial charge in [0.1, 0.15) is 0 Å². The zero-order chi connectivity index (χ0) is 13.0. The number of benzene rings is 1. The molecule has 1 atom stereocenters. The number of rotatable bonds is 5. The minimum Gasteiger partial charge on any atom is -0.466 e. The first-order valence-corrected chi connectivity index (χ1v) is 6.22. The van der Waals surface area contributed by atoms with E-state index >= 15 is 0 Å². The van der Waals surface area contributed by atoms with Gasteiger partial charge in [-0.05, 0) is 12.5 Å². The lowest BCUT2D eigenvalue weighted by atomic mass is 9.94. The quantitative estimate of drug-likeness (QED) is 0.590. The number of hydrogen-bond donors (Lipinski definition) is 0. The highest BCUT2D eigenvalue weighted by molar-refractivity contribution is 5.84. The summed E-state index contributed by atoms with van der Waals surface area (Å²) < 4.78 is 4.86. The van der Waals surface area contributed by atoms with Gasteiger partial charge in [-0.15, -0.1) is 0 Å². The van der Waals surface area contributed by atoms with Crippen LogP contribution < -0.4 is 0 Å². The van der Waals surface area contributed by atoms with E-state index in [2.05, 4.69) is 0 Å². The molecule has 1 saturated heterocycles. The average molecular weight is 247 g/mol. The normalized spacial score (nSPS) is 18.4. The van der Waals surface area contributed by atoms with Gasteiger partial charge in [-0.25, -0.2) is 0 Å². The highest BCUT2D eigenvalue weighted by Crippen LogP contribution is 2.34. The van der Waals surface area contributed by atoms with Crippen LogP contribution >= 0.6 is 0 Å². The molecule has 96 valence electrons. The second-order valence-corrected chi connectivity index (χ2v) is 4.27. The van der Waals surface area contributed by atoms with Gasteiger partial charge < -0.3 is 9.64 Å². The van der Waals surface area contributed by atoms with Gasteiger partial charge in [0.05, 0.1) is 25.5 Å². The van der Waals surface area contributed by atoms with E-state index in [1.165, 1.54) is 0 Å². The number of amides is 1. The van der Waals surface area contributed by atoms with Crippen molar-refractivity contribution in [1.29, 1.82) is 0 Å². The molecule has 1 aliphatic rings. The standard InChI is InChI=1S/C14H17NO3/c1-2-18-14(17)8-9-15-12(10-13(15)16)11-6-4-3-5-7-11/h3-7,12H,2,8-10H2,1H3. The molecule has 4 heteroatoms. The third-order valence-electron chi connectivity index (χ3n) is 3.11. The van der Waals surface area contributed by atoms with E-state index in [9.17, 15) is 9.59 Å². The Morgan fingerprint density at radius 2 is 2.11 bits per heavy atom. The van der Waals surface area contributed by atoms with Crippen molar-refractivity contribution in [2.24, 2.45) is 0 Å². The molecule has 0 radical (unpaired) electrons. The Kier molecular flexibility index (Phi) is 3.97. The third kappa shape index (κ3) is 2.70. The summed E-state index contributed by atoms with van der Waals surface area (Å²) in [5.41, 5.74) is 1.13. The molecule has 0 aliphatic carbocycles. The Balaban J connectivity index is 1.91. The van der Waals surface area contributed by atoms with E-state index in [1.807, 2.05) is 30.3 Å². The number of nitrogens with zero attached hydrogens (tertiary/aromatic N) is 1. The Hall–Kier alpha value is -1.84. The van der Waals surface area contributed by atoms with Gasteiger partial charge in [0.2, 0.25) is 5.91 Å². The molecule has 1 aromatic rings. The van der Waals surface area contributed by atoms with E-state index < -0.39 is 0 Å². The molecule has 0 saturated carbocycles. The van der Waals surface area contributed by atoms with Gasteiger partial charge in [0.15, 0.2) is 0 Å². The summed E-state index contributed by atoms with van der Waals surface area (Å²) in [7, 11) is 0. The van der Waals surface area contributed by atoms with E-state index in [0.717, 1.165) is 5.56 Å². The second-order valence-electron chi connectivity index (χ2n) is 4.27. The lowest BCUT2D eigenvalue weighted by Gasteiger charge is -2.40. The van der Waals surface area contributed by atoms with Crippen LogP contribution in [0.15, 0.2) is 30.3 Å². The predicted molar refractivity (Wildman–Crippen MR) is 66.8 cm³/mol. The Morgan fingerprint density at radius 3 is 2.72 bits per heavy atom. The smallest absolute Gasteiger partial charge is 0.307 e. The molecule has 1 unspecified atom stereocenters. The fourth-order valence-electron chi connectivity index (χ4n) is 2.15. The molecule has 0 spiro atoms. The fourth-order valence-corrected chi connectivity index (χ4v) is 2.15. The van der Waals surface area contributed by atoms with Crippen molar-refractivity contribution >= 4 is 11.9 Å². The predicted octanol–water partition coefficient (Wildman–Crippen LogP) is 1.91. The minimum atomic E-state index is -0.246. The molecule has 1 heterocycles. The van der Waals surface area contributed by atoms with Crippen LogP contribution in [-0.2, 0) is 14.3 Å². The lowest BCUT2D eigenvalue weighted by Crippen LogP contribution is -2.47. The molecule has 1 amide bonds. The summed E-state index contributed by atoms with van der Waals surface area (Å²) >= 11 is 0. The summed E-state index contributed by atoms with van der Waals surface area (Å²) in [6, 6.07) is 10.0. The molecule has 0 N–H and O–H groups in total. The van der Waals surface area contributed by atoms with Crippen molar-refractivity contribution < 1.29 is 14.3 Å². The maximum absolute atomic E-state index is 11.6. The Morgan fingerprint density at radius 1 is 1.39 bits per heavy atom. The van der Waals surface area contributed by atoms with Crippen LogP contribution in [0.4, 0.5) is 0 Å². The maximum Gasteiger partial charge on any atom is 0.307 e. The van der Waals surface area contributed by atoms with Gasteiger partial charge in [-0.2, -0.15) is 0 Å². The monoisotopic (exact) mass is 247 g/mol. The van der Waals surface area contributed by atoms with E-state index in [-0.39, 0.29) is 24.3 Å². The first-order valence-electron chi connectivity index (χ1n) is 6.22. The highest BCUT2D eigenvalue weighted by atomic mass is 16.5. The highest BCUT2D eigenvalue weighted by Gasteiger charge is 2.36. The second kappa shape index (κ2) is 5.67. The molecule has 1 aromatic carbocycles. The number of likely N-dealkylation sites (tertiary alicyclic amines) is 1. The Bertz CT molecular complexity index is 430. The number of carbonyl (C=O) groups is 2. The van der Waals surface area contributed by atoms with Crippen molar-refractivity contribution in [3.8, 4) is 0 Å². The zero-order valence-electron chi connectivity index (χ0n) is 10.5. The summed E-state index contributed by atoms with van der Waals surface area (Å²) in [5, 5.41) is 0. The summed E-state index contributed by atoms with van der Waals surface area (Å²) in [4.78, 5) is 24.6. The SMILES string of the molecule is CCOC(=O)CCN1C(=O)CC1c1ccccc1. The largest absolute Gasteiger partial charge is 0.466 e. The van der Waals surface area contributed by atoms with Crippen molar-refractivity contribution in [2.75, 3.05) is 13.2 Å². The molecule has 1 fully saturated rings. The summed E-state index contributed by atoms with van der Waals surface area (Å²) in [5.74, 6) is -0.142. The van der Waals surface area contributed by atoms with Gasteiger partial charge in [0, 0.05) is 6.54 Å². The molecule has 0 bridgehead atoms. The number of ether oxygens (including phenoxy) is 1. The van der Waals surface area contributed by atoms with Gasteiger partial charge in [0.25, 0.3) is 0 Å². The number of carbonyl (C=O) groups excluding carboxylic acids is 2. The van der Waals surface area contributed by atoms with Gasteiger partial charge >= 0.3 is 5.97 Å². The minimum absolute atomic E-state index is 0.105. The van der Waals surface area contributed by atoms with Crippen molar-refractivity contribution in [3.63, 3.8) is 0 Å². The van der Waals surface area contributed by atoms with Crippen molar-refractivity contribution in [2.45, 2.75) is 25.8 Å². The van der Waals surface area contributed by atoms with E-state index in [0.29, 0.717) is 19.6 Å². The molecule has 18 heavy (non-hydrogen) atoms. The number of esters is 1. The van der Waals surface area contributed by atoms with Crippen LogP contribution in [-0.4, -0.2) is 29.9 Å². The summed E-state index contributed by atoms with van der Waals surface area (Å²) in [6.45, 7) is 2.60. The maximum atomic E-state index is 11.6. The topological polar surface area (TPSA) is 46.6 Å². The summed E-state index contributed by atoms with van der Waals surface area (Å²) in [6.07, 6.45) is 0.801. The lowest BCUT2D eigenvalue weighted by molar-refractivity contribution is -0.149. The van der Waals surface area contributed by atoms with Crippen LogP contribution in [0.5, 0.6) is 0 Å². The van der Waals surface area contributed by atoms with Crippen LogP contribution in [0.2, 0.25) is 0 Å². The fraction of sp³-hybridized carbons (Fsp3) is 0.429. The average Bonchev–Trinajstić information content (AvgIpc) is 2.37. The zero-order valence-corrected chi connectivity index (χ0v) is 10.5.